The molecule has 3 N–H and O–H groups in total. The van der Waals surface area contributed by atoms with E-state index in [1.54, 1.807) is 12.4 Å². The van der Waals surface area contributed by atoms with Crippen LogP contribution >= 0.6 is 0 Å². The Morgan fingerprint density at radius 1 is 1.45 bits per heavy atom. The molecule has 4 nitrogen and oxygen atoms in total. The van der Waals surface area contributed by atoms with Crippen LogP contribution in [-0.4, -0.2) is 16.9 Å². The fourth-order valence-corrected chi connectivity index (χ4v) is 3.13. The molecule has 0 aliphatic heterocycles. The predicted molar refractivity (Wildman–Crippen MR) is 81.2 cm³/mol. The molecular formula is C16H25N3O. The Bertz CT molecular complexity index is 498. The Labute approximate surface area is 121 Å². The van der Waals surface area contributed by atoms with Crippen molar-refractivity contribution in [2.75, 3.05) is 5.32 Å². The van der Waals surface area contributed by atoms with Crippen LogP contribution in [0.4, 0.5) is 5.69 Å². The van der Waals surface area contributed by atoms with E-state index in [-0.39, 0.29) is 23.3 Å². The van der Waals surface area contributed by atoms with Gasteiger partial charge in [0.1, 0.15) is 0 Å². The zero-order chi connectivity index (χ0) is 14.9. The van der Waals surface area contributed by atoms with Crippen LogP contribution in [0, 0.1) is 24.2 Å². The number of nitrogens with zero attached hydrogens (tertiary/aromatic N) is 1. The van der Waals surface area contributed by atoms with Crippen LogP contribution in [0.15, 0.2) is 18.5 Å². The van der Waals surface area contributed by atoms with Crippen molar-refractivity contribution in [3.63, 3.8) is 0 Å². The van der Waals surface area contributed by atoms with E-state index < -0.39 is 0 Å². The van der Waals surface area contributed by atoms with Gasteiger partial charge in [0.15, 0.2) is 0 Å². The lowest BCUT2D eigenvalue weighted by Crippen LogP contribution is -2.50. The highest BCUT2D eigenvalue weighted by Gasteiger charge is 2.45. The van der Waals surface area contributed by atoms with Crippen LogP contribution in [0.1, 0.15) is 39.2 Å². The third-order valence-corrected chi connectivity index (χ3v) is 5.12. The SMILES string of the molecule is Cc1ccncc1NC(=O)C1CCC(N)C(C)C1(C)C. The summed E-state index contributed by atoms with van der Waals surface area (Å²) in [6.07, 6.45) is 5.20. The Balaban J connectivity index is 2.15. The van der Waals surface area contributed by atoms with E-state index in [0.717, 1.165) is 24.1 Å². The summed E-state index contributed by atoms with van der Waals surface area (Å²) in [5, 5.41) is 3.03. The van der Waals surface area contributed by atoms with Crippen LogP contribution < -0.4 is 11.1 Å². The van der Waals surface area contributed by atoms with Crippen molar-refractivity contribution < 1.29 is 4.79 Å². The second-order valence-corrected chi connectivity index (χ2v) is 6.58. The number of pyridine rings is 1. The van der Waals surface area contributed by atoms with Gasteiger partial charge in [-0.3, -0.25) is 9.78 Å². The summed E-state index contributed by atoms with van der Waals surface area (Å²) in [4.78, 5) is 16.7. The van der Waals surface area contributed by atoms with Gasteiger partial charge in [-0.2, -0.15) is 0 Å². The van der Waals surface area contributed by atoms with Gasteiger partial charge in [0.2, 0.25) is 5.91 Å². The normalized spacial score (nSPS) is 28.9. The van der Waals surface area contributed by atoms with Gasteiger partial charge in [-0.1, -0.05) is 20.8 Å². The molecule has 0 saturated heterocycles. The molecule has 3 atom stereocenters. The Morgan fingerprint density at radius 2 is 2.15 bits per heavy atom. The van der Waals surface area contributed by atoms with E-state index in [4.69, 9.17) is 5.73 Å². The number of amides is 1. The van der Waals surface area contributed by atoms with Crippen molar-refractivity contribution in [3.05, 3.63) is 24.0 Å². The van der Waals surface area contributed by atoms with Gasteiger partial charge in [0.05, 0.1) is 11.9 Å². The first-order chi connectivity index (χ1) is 9.34. The van der Waals surface area contributed by atoms with E-state index in [2.05, 4.69) is 31.1 Å². The number of hydrogen-bond acceptors (Lipinski definition) is 3. The molecule has 0 spiro atoms. The van der Waals surface area contributed by atoms with Gasteiger partial charge < -0.3 is 11.1 Å². The summed E-state index contributed by atoms with van der Waals surface area (Å²) >= 11 is 0. The third kappa shape index (κ3) is 2.70. The molecule has 1 amide bonds. The lowest BCUT2D eigenvalue weighted by atomic mass is 9.61. The van der Waals surface area contributed by atoms with E-state index >= 15 is 0 Å². The summed E-state index contributed by atoms with van der Waals surface area (Å²) < 4.78 is 0. The molecule has 20 heavy (non-hydrogen) atoms. The Hall–Kier alpha value is -1.42. The maximum atomic E-state index is 12.6. The minimum atomic E-state index is -0.0855. The van der Waals surface area contributed by atoms with Gasteiger partial charge in [-0.25, -0.2) is 0 Å². The monoisotopic (exact) mass is 275 g/mol. The van der Waals surface area contributed by atoms with E-state index in [9.17, 15) is 4.79 Å². The van der Waals surface area contributed by atoms with Crippen LogP contribution in [0.2, 0.25) is 0 Å². The van der Waals surface area contributed by atoms with Crippen molar-refractivity contribution in [1.29, 1.82) is 0 Å². The number of aromatic nitrogens is 1. The number of aryl methyl sites for hydroxylation is 1. The molecule has 0 radical (unpaired) electrons. The number of hydrogen-bond donors (Lipinski definition) is 2. The molecule has 1 heterocycles. The highest BCUT2D eigenvalue weighted by molar-refractivity contribution is 5.93. The summed E-state index contributed by atoms with van der Waals surface area (Å²) in [6, 6.07) is 2.09. The number of nitrogens with one attached hydrogen (secondary N) is 1. The average molecular weight is 275 g/mol. The Kier molecular flexibility index (Phi) is 4.14. The molecule has 0 bridgehead atoms. The van der Waals surface area contributed by atoms with Gasteiger partial charge in [-0.15, -0.1) is 0 Å². The number of carbonyl (C=O) groups excluding carboxylic acids is 1. The molecule has 2 rings (SSSR count). The summed E-state index contributed by atoms with van der Waals surface area (Å²) in [7, 11) is 0. The zero-order valence-electron chi connectivity index (χ0n) is 12.8. The fraction of sp³-hybridized carbons (Fsp3) is 0.625. The minimum Gasteiger partial charge on any atom is -0.327 e. The maximum Gasteiger partial charge on any atom is 0.228 e. The summed E-state index contributed by atoms with van der Waals surface area (Å²) in [6.45, 7) is 8.43. The van der Waals surface area contributed by atoms with E-state index in [1.807, 2.05) is 13.0 Å². The van der Waals surface area contributed by atoms with E-state index in [1.165, 1.54) is 0 Å². The van der Waals surface area contributed by atoms with Crippen molar-refractivity contribution >= 4 is 11.6 Å². The quantitative estimate of drug-likeness (QED) is 0.872. The van der Waals surface area contributed by atoms with Crippen molar-refractivity contribution in [2.24, 2.45) is 23.0 Å². The predicted octanol–water partition coefficient (Wildman–Crippen LogP) is 2.73. The second-order valence-electron chi connectivity index (χ2n) is 6.58. The van der Waals surface area contributed by atoms with Crippen LogP contribution in [0.5, 0.6) is 0 Å². The standard InChI is InChI=1S/C16H25N3O/c1-10-7-8-18-9-14(10)19-15(20)12-5-6-13(17)11(2)16(12,3)4/h7-9,11-13H,5-6,17H2,1-4H3,(H,19,20). The van der Waals surface area contributed by atoms with Crippen LogP contribution in [0.25, 0.3) is 0 Å². The molecule has 4 heteroatoms. The number of carbonyl (C=O) groups is 1. The molecule has 1 aliphatic carbocycles. The largest absolute Gasteiger partial charge is 0.327 e. The highest BCUT2D eigenvalue weighted by atomic mass is 16.1. The lowest BCUT2D eigenvalue weighted by Gasteiger charge is -2.46. The number of rotatable bonds is 2. The molecule has 0 aromatic carbocycles. The van der Waals surface area contributed by atoms with Gasteiger partial charge in [0, 0.05) is 18.2 Å². The number of anilines is 1. The maximum absolute atomic E-state index is 12.6. The molecule has 1 fully saturated rings. The molecule has 1 aromatic rings. The first-order valence-electron chi connectivity index (χ1n) is 7.31. The zero-order valence-corrected chi connectivity index (χ0v) is 12.8. The molecular weight excluding hydrogens is 250 g/mol. The summed E-state index contributed by atoms with van der Waals surface area (Å²) in [5.74, 6) is 0.420. The fourth-order valence-electron chi connectivity index (χ4n) is 3.13. The second kappa shape index (κ2) is 5.52. The van der Waals surface area contributed by atoms with Gasteiger partial charge >= 0.3 is 0 Å². The molecule has 1 saturated carbocycles. The lowest BCUT2D eigenvalue weighted by molar-refractivity contribution is -0.127. The topological polar surface area (TPSA) is 68.0 Å². The van der Waals surface area contributed by atoms with E-state index in [0.29, 0.717) is 5.92 Å². The molecule has 1 aromatic heterocycles. The highest BCUT2D eigenvalue weighted by Crippen LogP contribution is 2.44. The average Bonchev–Trinajstić information content (AvgIpc) is 2.38. The van der Waals surface area contributed by atoms with Gasteiger partial charge in [0.25, 0.3) is 0 Å². The third-order valence-electron chi connectivity index (χ3n) is 5.12. The Morgan fingerprint density at radius 3 is 2.80 bits per heavy atom. The molecule has 1 aliphatic rings. The first kappa shape index (κ1) is 15.0. The van der Waals surface area contributed by atoms with Crippen molar-refractivity contribution in [1.82, 2.24) is 4.98 Å². The van der Waals surface area contributed by atoms with Gasteiger partial charge in [-0.05, 0) is 42.7 Å². The minimum absolute atomic E-state index is 0.00286. The number of nitrogens with two attached hydrogens (primary N) is 1. The van der Waals surface area contributed by atoms with Crippen LogP contribution in [0.3, 0.4) is 0 Å². The summed E-state index contributed by atoms with van der Waals surface area (Å²) in [5.41, 5.74) is 7.90. The smallest absolute Gasteiger partial charge is 0.228 e. The van der Waals surface area contributed by atoms with Crippen molar-refractivity contribution in [2.45, 2.75) is 46.6 Å². The first-order valence-corrected chi connectivity index (χ1v) is 7.31. The van der Waals surface area contributed by atoms with Crippen LogP contribution in [-0.2, 0) is 4.79 Å². The molecule has 3 unspecified atom stereocenters. The molecule has 110 valence electrons. The van der Waals surface area contributed by atoms with Crippen molar-refractivity contribution in [3.8, 4) is 0 Å².